The zero-order valence-electron chi connectivity index (χ0n) is 36.4. The predicted molar refractivity (Wildman–Crippen MR) is 229 cm³/mol. The maximum Gasteiger partial charge on any atom is 0.305 e. The first kappa shape index (κ1) is 52.8. The van der Waals surface area contributed by atoms with Crippen LogP contribution in [0.15, 0.2) is 24.3 Å². The van der Waals surface area contributed by atoms with Crippen LogP contribution in [0.25, 0.3) is 0 Å². The van der Waals surface area contributed by atoms with Gasteiger partial charge in [0.05, 0.1) is 12.0 Å². The van der Waals surface area contributed by atoms with E-state index >= 15 is 0 Å². The summed E-state index contributed by atoms with van der Waals surface area (Å²) in [4.78, 5) is 39.8. The lowest BCUT2D eigenvalue weighted by Crippen LogP contribution is -2.42. The minimum atomic E-state index is -1.20. The third-order valence-electron chi connectivity index (χ3n) is 10.2. The van der Waals surface area contributed by atoms with Gasteiger partial charge < -0.3 is 24.2 Å². The average Bonchev–Trinajstić information content (AvgIpc) is 3.17. The zero-order chi connectivity index (χ0) is 40.5. The lowest BCUT2D eigenvalue weighted by molar-refractivity contribution is -0.165. The van der Waals surface area contributed by atoms with Crippen LogP contribution in [0.2, 0.25) is 0 Å². The molecular weight excluding hydrogens is 691 g/mol. The van der Waals surface area contributed by atoms with Crippen LogP contribution in [-0.2, 0) is 28.6 Å². The van der Waals surface area contributed by atoms with Crippen LogP contribution < -0.4 is 0 Å². The summed E-state index contributed by atoms with van der Waals surface area (Å²) in [7, 11) is 3.89. The van der Waals surface area contributed by atoms with Crippen molar-refractivity contribution in [1.82, 2.24) is 4.90 Å². The zero-order valence-corrected chi connectivity index (χ0v) is 36.4. The van der Waals surface area contributed by atoms with Crippen molar-refractivity contribution >= 4 is 17.9 Å². The fourth-order valence-corrected chi connectivity index (χ4v) is 6.40. The molecule has 0 aromatic carbocycles. The van der Waals surface area contributed by atoms with Crippen LogP contribution in [0.4, 0.5) is 0 Å². The Kier molecular flexibility index (Phi) is 38.4. The minimum absolute atomic E-state index is 0.181. The number of unbranched alkanes of at least 4 members (excludes halogenated alkanes) is 22. The number of hydrogen-bond acceptors (Lipinski definition) is 8. The molecular formula is C47H87NO7. The summed E-state index contributed by atoms with van der Waals surface area (Å²) in [6.45, 7) is 4.26. The van der Waals surface area contributed by atoms with Crippen molar-refractivity contribution in [2.45, 2.75) is 206 Å². The molecule has 0 aliphatic heterocycles. The molecule has 0 spiro atoms. The predicted octanol–water partition coefficient (Wildman–Crippen LogP) is 12.0. The molecule has 8 heteroatoms. The average molecular weight is 778 g/mol. The molecule has 0 heterocycles. The van der Waals surface area contributed by atoms with Gasteiger partial charge in [-0.3, -0.25) is 14.4 Å². The highest BCUT2D eigenvalue weighted by Gasteiger charge is 2.35. The maximum atomic E-state index is 12.7. The topological polar surface area (TPSA) is 102 Å². The Morgan fingerprint density at radius 3 is 1.05 bits per heavy atom. The lowest BCUT2D eigenvalue weighted by atomic mass is 9.92. The Bertz CT molecular complexity index is 892. The first-order valence-corrected chi connectivity index (χ1v) is 22.8. The van der Waals surface area contributed by atoms with E-state index in [-0.39, 0.29) is 44.1 Å². The van der Waals surface area contributed by atoms with E-state index in [1.54, 1.807) is 0 Å². The molecule has 0 fully saturated rings. The number of hydrogen-bond donors (Lipinski definition) is 1. The molecule has 0 saturated heterocycles. The molecule has 0 aromatic heterocycles. The molecule has 0 aliphatic rings. The van der Waals surface area contributed by atoms with Crippen molar-refractivity contribution in [1.29, 1.82) is 0 Å². The van der Waals surface area contributed by atoms with Crippen LogP contribution in [0, 0.1) is 5.41 Å². The quantitative estimate of drug-likeness (QED) is 0.0283. The fraction of sp³-hybridized carbons (Fsp3) is 0.851. The summed E-state index contributed by atoms with van der Waals surface area (Å²) in [5.74, 6) is -1.10. The van der Waals surface area contributed by atoms with Crippen molar-refractivity contribution in [3.05, 3.63) is 24.3 Å². The van der Waals surface area contributed by atoms with Gasteiger partial charge in [-0.15, -0.1) is 0 Å². The van der Waals surface area contributed by atoms with Gasteiger partial charge in [-0.25, -0.2) is 0 Å². The van der Waals surface area contributed by atoms with E-state index in [0.29, 0.717) is 19.3 Å². The highest BCUT2D eigenvalue weighted by atomic mass is 16.6. The monoisotopic (exact) mass is 778 g/mol. The number of ether oxygens (including phenoxy) is 3. The van der Waals surface area contributed by atoms with Crippen molar-refractivity contribution in [2.24, 2.45) is 5.41 Å². The Balaban J connectivity index is 4.45. The molecule has 0 bridgehead atoms. The Morgan fingerprint density at radius 1 is 0.455 bits per heavy atom. The molecule has 322 valence electrons. The van der Waals surface area contributed by atoms with Gasteiger partial charge in [0.15, 0.2) is 0 Å². The van der Waals surface area contributed by atoms with Gasteiger partial charge in [-0.1, -0.05) is 141 Å². The number of esters is 3. The fourth-order valence-electron chi connectivity index (χ4n) is 6.40. The molecule has 0 aliphatic carbocycles. The number of carbonyl (C=O) groups excluding carboxylic acids is 3. The van der Waals surface area contributed by atoms with Gasteiger partial charge in [0.1, 0.15) is 19.8 Å². The highest BCUT2D eigenvalue weighted by molar-refractivity contribution is 5.70. The molecule has 55 heavy (non-hydrogen) atoms. The first-order chi connectivity index (χ1) is 26.8. The minimum Gasteiger partial charge on any atom is -0.465 e. The van der Waals surface area contributed by atoms with E-state index in [1.807, 2.05) is 19.0 Å². The van der Waals surface area contributed by atoms with Crippen LogP contribution >= 0.6 is 0 Å². The molecule has 1 N–H and O–H groups in total. The standard InChI is InChI=1S/C47H87NO7/c1-5-7-9-11-13-15-17-19-21-23-25-27-29-31-33-36-44(50)53-41-47(40-49,43-55-46(52)38-35-39-48(3)4)42-54-45(51)37-34-32-30-28-26-24-22-20-18-16-14-12-10-8-6-2/h19-22,49H,5-18,23-43H2,1-4H3/b21-19-,22-20-. The molecule has 0 aromatic rings. The van der Waals surface area contributed by atoms with Crippen LogP contribution in [0.5, 0.6) is 0 Å². The van der Waals surface area contributed by atoms with E-state index in [9.17, 15) is 19.5 Å². The Morgan fingerprint density at radius 2 is 0.745 bits per heavy atom. The van der Waals surface area contributed by atoms with Crippen molar-refractivity contribution in [3.63, 3.8) is 0 Å². The first-order valence-electron chi connectivity index (χ1n) is 22.8. The Hall–Kier alpha value is -2.19. The summed E-state index contributed by atoms with van der Waals surface area (Å²) in [6.07, 6.45) is 41.6. The molecule has 0 saturated carbocycles. The smallest absolute Gasteiger partial charge is 0.305 e. The van der Waals surface area contributed by atoms with Gasteiger partial charge in [-0.2, -0.15) is 0 Å². The summed E-state index contributed by atoms with van der Waals surface area (Å²) >= 11 is 0. The molecule has 0 rings (SSSR count). The maximum absolute atomic E-state index is 12.7. The van der Waals surface area contributed by atoms with E-state index in [0.717, 1.165) is 70.8 Å². The van der Waals surface area contributed by atoms with E-state index in [4.69, 9.17) is 14.2 Å². The van der Waals surface area contributed by atoms with Crippen molar-refractivity contribution in [3.8, 4) is 0 Å². The van der Waals surface area contributed by atoms with Crippen LogP contribution in [0.3, 0.4) is 0 Å². The summed E-state index contributed by atoms with van der Waals surface area (Å²) < 4.78 is 16.7. The number of nitrogens with zero attached hydrogens (tertiary/aromatic N) is 1. The largest absolute Gasteiger partial charge is 0.465 e. The number of allylic oxidation sites excluding steroid dienone is 4. The van der Waals surface area contributed by atoms with Crippen molar-refractivity contribution in [2.75, 3.05) is 47.1 Å². The molecule has 0 amide bonds. The second kappa shape index (κ2) is 40.0. The Labute approximate surface area is 339 Å². The molecule has 0 radical (unpaired) electrons. The molecule has 0 unspecified atom stereocenters. The number of carbonyl (C=O) groups is 3. The third kappa shape index (κ3) is 37.2. The van der Waals surface area contributed by atoms with Gasteiger partial charge in [-0.05, 0) is 91.3 Å². The molecule has 8 nitrogen and oxygen atoms in total. The second-order valence-electron chi connectivity index (χ2n) is 16.2. The second-order valence-corrected chi connectivity index (χ2v) is 16.2. The van der Waals surface area contributed by atoms with Crippen LogP contribution in [-0.4, -0.2) is 75.0 Å². The van der Waals surface area contributed by atoms with Gasteiger partial charge >= 0.3 is 17.9 Å². The van der Waals surface area contributed by atoms with Gasteiger partial charge in [0, 0.05) is 19.3 Å². The van der Waals surface area contributed by atoms with E-state index in [2.05, 4.69) is 38.2 Å². The third-order valence-corrected chi connectivity index (χ3v) is 10.2. The SMILES string of the molecule is CCCCCCCC/C=C\CCCCCCCC(=O)OCC(CO)(COC(=O)CCCCCCC/C=C\CCCCCCCC)COC(=O)CCCN(C)C. The number of rotatable bonds is 41. The lowest BCUT2D eigenvalue weighted by Gasteiger charge is -2.30. The normalized spacial score (nSPS) is 12.0. The summed E-state index contributed by atoms with van der Waals surface area (Å²) in [6, 6.07) is 0. The summed E-state index contributed by atoms with van der Waals surface area (Å²) in [5, 5.41) is 10.4. The number of aliphatic hydroxyl groups excluding tert-OH is 1. The van der Waals surface area contributed by atoms with Gasteiger partial charge in [0.2, 0.25) is 0 Å². The van der Waals surface area contributed by atoms with Crippen molar-refractivity contribution < 1.29 is 33.7 Å². The van der Waals surface area contributed by atoms with E-state index < -0.39 is 12.0 Å². The summed E-state index contributed by atoms with van der Waals surface area (Å²) in [5.41, 5.74) is -1.20. The van der Waals surface area contributed by atoms with E-state index in [1.165, 1.54) is 103 Å². The van der Waals surface area contributed by atoms with Crippen LogP contribution in [0.1, 0.15) is 206 Å². The van der Waals surface area contributed by atoms with Gasteiger partial charge in [0.25, 0.3) is 0 Å². The number of aliphatic hydroxyl groups is 1. The highest BCUT2D eigenvalue weighted by Crippen LogP contribution is 2.21. The molecule has 0 atom stereocenters.